The zero-order valence-electron chi connectivity index (χ0n) is 8.08. The van der Waals surface area contributed by atoms with Crippen LogP contribution in [0.4, 0.5) is 0 Å². The van der Waals surface area contributed by atoms with Crippen LogP contribution < -0.4 is 4.74 Å². The summed E-state index contributed by atoms with van der Waals surface area (Å²) in [5.74, 6) is 0.603. The van der Waals surface area contributed by atoms with Gasteiger partial charge in [-0.15, -0.1) is 11.3 Å². The van der Waals surface area contributed by atoms with E-state index in [1.54, 1.807) is 17.5 Å². The molecule has 0 atom stereocenters. The summed E-state index contributed by atoms with van der Waals surface area (Å²) in [5.41, 5.74) is 0. The summed E-state index contributed by atoms with van der Waals surface area (Å²) < 4.78 is 6.25. The predicted octanol–water partition coefficient (Wildman–Crippen LogP) is 2.48. The second-order valence-electron chi connectivity index (χ2n) is 2.53. The molecule has 2 rings (SSSR count). The number of hydrogen-bond donors (Lipinski definition) is 0. The van der Waals surface area contributed by atoms with E-state index < -0.39 is 0 Å². The van der Waals surface area contributed by atoms with Crippen LogP contribution in [0, 0.1) is 0 Å². The molecule has 0 aliphatic carbocycles. The van der Waals surface area contributed by atoms with Gasteiger partial charge in [0.2, 0.25) is 5.88 Å². The Hall–Kier alpha value is -1.14. The number of thiazole rings is 1. The van der Waals surface area contributed by atoms with Gasteiger partial charge in [0.25, 0.3) is 0 Å². The highest BCUT2D eigenvalue weighted by Gasteiger charge is 2.03. The number of nitrogens with zero attached hydrogens (tertiary/aromatic N) is 3. The molecule has 0 saturated heterocycles. The first-order chi connectivity index (χ1) is 7.38. The van der Waals surface area contributed by atoms with Gasteiger partial charge in [0.15, 0.2) is 4.34 Å². The van der Waals surface area contributed by atoms with Crippen molar-refractivity contribution in [2.45, 2.75) is 16.3 Å². The molecule has 0 bridgehead atoms. The molecule has 0 amide bonds. The highest BCUT2D eigenvalue weighted by molar-refractivity contribution is 8.00. The monoisotopic (exact) mass is 239 g/mol. The maximum Gasteiger partial charge on any atom is 0.217 e. The van der Waals surface area contributed by atoms with Crippen molar-refractivity contribution in [2.24, 2.45) is 0 Å². The van der Waals surface area contributed by atoms with Crippen LogP contribution in [0.1, 0.15) is 6.92 Å². The van der Waals surface area contributed by atoms with Crippen molar-refractivity contribution in [3.8, 4) is 5.88 Å². The zero-order valence-corrected chi connectivity index (χ0v) is 9.72. The third-order valence-corrected chi connectivity index (χ3v) is 3.33. The first-order valence-corrected chi connectivity index (χ1v) is 6.10. The molecule has 6 heteroatoms. The van der Waals surface area contributed by atoms with Crippen molar-refractivity contribution < 1.29 is 4.74 Å². The van der Waals surface area contributed by atoms with Gasteiger partial charge >= 0.3 is 0 Å². The molecule has 2 aromatic heterocycles. The van der Waals surface area contributed by atoms with E-state index in [1.807, 2.05) is 18.4 Å². The Kier molecular flexibility index (Phi) is 3.52. The van der Waals surface area contributed by atoms with Crippen molar-refractivity contribution in [3.05, 3.63) is 24.0 Å². The first kappa shape index (κ1) is 10.4. The Morgan fingerprint density at radius 3 is 3.07 bits per heavy atom. The fourth-order valence-electron chi connectivity index (χ4n) is 0.956. The van der Waals surface area contributed by atoms with E-state index in [2.05, 4.69) is 15.0 Å². The van der Waals surface area contributed by atoms with E-state index in [9.17, 15) is 0 Å². The third-order valence-electron chi connectivity index (χ3n) is 1.51. The second-order valence-corrected chi connectivity index (χ2v) is 4.69. The van der Waals surface area contributed by atoms with Gasteiger partial charge in [0, 0.05) is 17.6 Å². The topological polar surface area (TPSA) is 47.9 Å². The predicted molar refractivity (Wildman–Crippen MR) is 59.4 cm³/mol. The molecule has 0 aliphatic rings. The molecule has 78 valence electrons. The summed E-state index contributed by atoms with van der Waals surface area (Å²) in [6, 6.07) is 1.82. The SMILES string of the molecule is CCOc1cc(Sc2nccs2)ncn1. The van der Waals surface area contributed by atoms with Gasteiger partial charge < -0.3 is 4.74 Å². The van der Waals surface area contributed by atoms with Crippen molar-refractivity contribution in [1.82, 2.24) is 15.0 Å². The fourth-order valence-corrected chi connectivity index (χ4v) is 2.48. The minimum atomic E-state index is 0.603. The third kappa shape index (κ3) is 2.90. The zero-order chi connectivity index (χ0) is 10.5. The normalized spacial score (nSPS) is 10.2. The van der Waals surface area contributed by atoms with Crippen molar-refractivity contribution in [1.29, 1.82) is 0 Å². The molecule has 0 aliphatic heterocycles. The first-order valence-electron chi connectivity index (χ1n) is 4.40. The lowest BCUT2D eigenvalue weighted by Gasteiger charge is -2.01. The standard InChI is InChI=1S/C9H9N3OS2/c1-2-13-7-5-8(12-6-11-7)15-9-10-3-4-14-9/h3-6H,2H2,1H3. The number of hydrogen-bond acceptors (Lipinski definition) is 6. The van der Waals surface area contributed by atoms with Gasteiger partial charge in [-0.25, -0.2) is 15.0 Å². The Morgan fingerprint density at radius 2 is 2.33 bits per heavy atom. The molecule has 0 radical (unpaired) electrons. The second kappa shape index (κ2) is 5.09. The Bertz CT molecular complexity index is 419. The van der Waals surface area contributed by atoms with Gasteiger partial charge in [0.05, 0.1) is 6.61 Å². The lowest BCUT2D eigenvalue weighted by atomic mass is 10.6. The van der Waals surface area contributed by atoms with E-state index in [0.717, 1.165) is 9.37 Å². The smallest absolute Gasteiger partial charge is 0.217 e. The summed E-state index contributed by atoms with van der Waals surface area (Å²) in [5, 5.41) is 2.79. The van der Waals surface area contributed by atoms with Crippen molar-refractivity contribution in [2.75, 3.05) is 6.61 Å². The number of rotatable bonds is 4. The fraction of sp³-hybridized carbons (Fsp3) is 0.222. The summed E-state index contributed by atoms with van der Waals surface area (Å²) in [6.07, 6.45) is 3.28. The molecule has 0 aromatic carbocycles. The van der Waals surface area contributed by atoms with Crippen molar-refractivity contribution >= 4 is 23.1 Å². The summed E-state index contributed by atoms with van der Waals surface area (Å²) in [4.78, 5) is 12.3. The summed E-state index contributed by atoms with van der Waals surface area (Å²) in [7, 11) is 0. The largest absolute Gasteiger partial charge is 0.478 e. The Morgan fingerprint density at radius 1 is 1.40 bits per heavy atom. The van der Waals surface area contributed by atoms with Crippen LogP contribution in [0.2, 0.25) is 0 Å². The van der Waals surface area contributed by atoms with Gasteiger partial charge in [-0.1, -0.05) is 0 Å². The molecule has 0 unspecified atom stereocenters. The molecular weight excluding hydrogens is 230 g/mol. The van der Waals surface area contributed by atoms with Crippen LogP contribution in [0.15, 0.2) is 33.3 Å². The van der Waals surface area contributed by atoms with E-state index in [1.165, 1.54) is 18.1 Å². The van der Waals surface area contributed by atoms with Crippen LogP contribution in [0.5, 0.6) is 5.88 Å². The molecular formula is C9H9N3OS2. The van der Waals surface area contributed by atoms with Crippen LogP contribution in [-0.2, 0) is 0 Å². The van der Waals surface area contributed by atoms with Gasteiger partial charge in [-0.2, -0.15) is 0 Å². The number of aromatic nitrogens is 3. The van der Waals surface area contributed by atoms with Crippen LogP contribution in [0.25, 0.3) is 0 Å². The highest BCUT2D eigenvalue weighted by atomic mass is 32.2. The van der Waals surface area contributed by atoms with Gasteiger partial charge in [0.1, 0.15) is 11.4 Å². The molecule has 0 saturated carbocycles. The lowest BCUT2D eigenvalue weighted by molar-refractivity contribution is 0.325. The minimum absolute atomic E-state index is 0.603. The van der Waals surface area contributed by atoms with E-state index >= 15 is 0 Å². The Balaban J connectivity index is 2.11. The van der Waals surface area contributed by atoms with E-state index in [0.29, 0.717) is 12.5 Å². The maximum atomic E-state index is 5.28. The van der Waals surface area contributed by atoms with Crippen LogP contribution in [0.3, 0.4) is 0 Å². The lowest BCUT2D eigenvalue weighted by Crippen LogP contribution is -1.95. The molecule has 15 heavy (non-hydrogen) atoms. The minimum Gasteiger partial charge on any atom is -0.478 e. The molecule has 2 aromatic rings. The van der Waals surface area contributed by atoms with E-state index in [4.69, 9.17) is 4.74 Å². The molecule has 0 fully saturated rings. The number of ether oxygens (including phenoxy) is 1. The summed E-state index contributed by atoms with van der Waals surface area (Å²) in [6.45, 7) is 2.54. The van der Waals surface area contributed by atoms with Gasteiger partial charge in [-0.05, 0) is 18.7 Å². The Labute approximate surface area is 95.8 Å². The summed E-state index contributed by atoms with van der Waals surface area (Å²) >= 11 is 3.10. The van der Waals surface area contributed by atoms with Crippen LogP contribution in [-0.4, -0.2) is 21.6 Å². The van der Waals surface area contributed by atoms with E-state index in [-0.39, 0.29) is 0 Å². The maximum absolute atomic E-state index is 5.28. The molecule has 2 heterocycles. The van der Waals surface area contributed by atoms with Gasteiger partial charge in [-0.3, -0.25) is 0 Å². The average Bonchev–Trinajstić information content (AvgIpc) is 2.71. The highest BCUT2D eigenvalue weighted by Crippen LogP contribution is 2.28. The van der Waals surface area contributed by atoms with Crippen LogP contribution >= 0.6 is 23.1 Å². The van der Waals surface area contributed by atoms with Crippen molar-refractivity contribution in [3.63, 3.8) is 0 Å². The quantitative estimate of drug-likeness (QED) is 0.767. The molecule has 0 spiro atoms. The molecule has 4 nitrogen and oxygen atoms in total. The molecule has 0 N–H and O–H groups in total. The average molecular weight is 239 g/mol.